The average molecular weight is 467 g/mol. The van der Waals surface area contributed by atoms with Gasteiger partial charge in [-0.2, -0.15) is 0 Å². The van der Waals surface area contributed by atoms with Crippen molar-refractivity contribution in [2.75, 3.05) is 6.54 Å². The van der Waals surface area contributed by atoms with Crippen LogP contribution in [0.3, 0.4) is 0 Å². The van der Waals surface area contributed by atoms with Crippen molar-refractivity contribution in [3.63, 3.8) is 0 Å². The molecule has 1 heterocycles. The number of rotatable bonds is 6. The molecule has 1 aromatic carbocycles. The first-order valence-electron chi connectivity index (χ1n) is 8.44. The highest BCUT2D eigenvalue weighted by atomic mass is 79.9. The fourth-order valence-corrected chi connectivity index (χ4v) is 3.74. The van der Waals surface area contributed by atoms with Crippen molar-refractivity contribution in [2.24, 2.45) is 10.9 Å². The van der Waals surface area contributed by atoms with E-state index in [1.54, 1.807) is 12.1 Å². The Morgan fingerprint density at radius 3 is 2.96 bits per heavy atom. The maximum absolute atomic E-state index is 12.7. The van der Waals surface area contributed by atoms with Gasteiger partial charge in [-0.1, -0.05) is 45.7 Å². The molecule has 0 saturated carbocycles. The second-order valence-corrected chi connectivity index (χ2v) is 7.90. The summed E-state index contributed by atoms with van der Waals surface area (Å²) in [5.41, 5.74) is 1.59. The molecule has 1 aliphatic heterocycles. The fraction of sp³-hybridized carbons (Fsp3) is 0.263. The quantitative estimate of drug-likeness (QED) is 0.649. The first kappa shape index (κ1) is 19.9. The topological polar surface area (TPSA) is 61.8 Å². The summed E-state index contributed by atoms with van der Waals surface area (Å²) in [7, 11) is 0. The molecule has 1 aromatic rings. The number of nitrogens with zero attached hydrogens (tertiary/aromatic N) is 2. The van der Waals surface area contributed by atoms with Crippen LogP contribution in [0.2, 0.25) is 5.02 Å². The Labute approximate surface area is 176 Å². The van der Waals surface area contributed by atoms with Gasteiger partial charge in [-0.15, -0.1) is 0 Å². The zero-order chi connectivity index (χ0) is 19.4. The van der Waals surface area contributed by atoms with Crippen molar-refractivity contribution < 1.29 is 9.59 Å². The minimum absolute atomic E-state index is 0.0854. The van der Waals surface area contributed by atoms with Crippen LogP contribution in [0.1, 0.15) is 18.4 Å². The van der Waals surface area contributed by atoms with Gasteiger partial charge in [-0.3, -0.25) is 14.5 Å². The average Bonchev–Trinajstić information content (AvgIpc) is 2.63. The van der Waals surface area contributed by atoms with Gasteiger partial charge in [0, 0.05) is 29.0 Å². The largest absolute Gasteiger partial charge is 0.352 e. The Balaban J connectivity index is 1.49. The lowest BCUT2D eigenvalue weighted by Crippen LogP contribution is -2.46. The van der Waals surface area contributed by atoms with Gasteiger partial charge in [-0.05, 0) is 48.5 Å². The standard InChI is InChI=1S/C19H17BrClN3O2S/c20-13-6-7-16-15(10-13)18(26)24(19(27)23-16)8-2-5-17(25)22-11-12-3-1-4-14(21)9-12/h1,3-4,6-7,9-10,15H,2,5,8,11H2,(H,22,25). The van der Waals surface area contributed by atoms with Gasteiger partial charge in [0.2, 0.25) is 16.9 Å². The monoisotopic (exact) mass is 465 g/mol. The molecule has 1 unspecified atom stereocenters. The third-order valence-corrected chi connectivity index (χ3v) is 5.29. The van der Waals surface area contributed by atoms with E-state index in [2.05, 4.69) is 26.2 Å². The van der Waals surface area contributed by atoms with E-state index in [0.717, 1.165) is 10.0 Å². The Hall–Kier alpha value is -1.83. The van der Waals surface area contributed by atoms with E-state index >= 15 is 0 Å². The van der Waals surface area contributed by atoms with Crippen LogP contribution in [0.15, 0.2) is 52.0 Å². The van der Waals surface area contributed by atoms with Crippen LogP contribution in [0.4, 0.5) is 0 Å². The number of aliphatic imine (C=N–C) groups is 1. The molecule has 0 spiro atoms. The van der Waals surface area contributed by atoms with Gasteiger partial charge >= 0.3 is 0 Å². The summed E-state index contributed by atoms with van der Waals surface area (Å²) < 4.78 is 0.841. The zero-order valence-electron chi connectivity index (χ0n) is 14.3. The van der Waals surface area contributed by atoms with Crippen LogP contribution < -0.4 is 5.32 Å². The highest BCUT2D eigenvalue weighted by Gasteiger charge is 2.34. The first-order valence-corrected chi connectivity index (χ1v) is 10.0. The van der Waals surface area contributed by atoms with Gasteiger partial charge in [0.1, 0.15) is 5.92 Å². The second kappa shape index (κ2) is 8.91. The predicted molar refractivity (Wildman–Crippen MR) is 114 cm³/mol. The van der Waals surface area contributed by atoms with Crippen LogP contribution >= 0.6 is 39.7 Å². The van der Waals surface area contributed by atoms with Gasteiger partial charge in [0.05, 0.1) is 5.71 Å². The number of carbonyl (C=O) groups excluding carboxylic acids is 2. The molecule has 1 N–H and O–H groups in total. The summed E-state index contributed by atoms with van der Waals surface area (Å²) in [4.78, 5) is 30.5. The Morgan fingerprint density at radius 1 is 1.37 bits per heavy atom. The number of nitrogens with one attached hydrogen (secondary N) is 1. The molecule has 2 amide bonds. The summed E-state index contributed by atoms with van der Waals surface area (Å²) in [6.07, 6.45) is 6.25. The third-order valence-electron chi connectivity index (χ3n) is 4.21. The lowest BCUT2D eigenvalue weighted by molar-refractivity contribution is -0.129. The molecule has 1 atom stereocenters. The molecule has 27 heavy (non-hydrogen) atoms. The minimum Gasteiger partial charge on any atom is -0.352 e. The summed E-state index contributed by atoms with van der Waals surface area (Å²) in [5.74, 6) is -0.615. The maximum atomic E-state index is 12.7. The molecule has 0 aromatic heterocycles. The smallest absolute Gasteiger partial charge is 0.241 e. The molecule has 3 rings (SSSR count). The SMILES string of the molecule is O=C(CCCN1C(=O)C2C=C(Br)C=CC2=NC1=S)NCc1cccc(Cl)c1. The summed E-state index contributed by atoms with van der Waals surface area (Å²) in [5, 5.41) is 3.74. The van der Waals surface area contributed by atoms with E-state index < -0.39 is 5.92 Å². The van der Waals surface area contributed by atoms with Crippen molar-refractivity contribution in [1.82, 2.24) is 10.2 Å². The molecule has 1 aliphatic carbocycles. The number of benzene rings is 1. The van der Waals surface area contributed by atoms with Crippen molar-refractivity contribution in [3.05, 3.63) is 57.6 Å². The van der Waals surface area contributed by atoms with Crippen molar-refractivity contribution >= 4 is 62.4 Å². The summed E-state index contributed by atoms with van der Waals surface area (Å²) in [6, 6.07) is 7.34. The number of hydrogen-bond donors (Lipinski definition) is 1. The maximum Gasteiger partial charge on any atom is 0.241 e. The molecule has 0 fully saturated rings. The normalized spacial score (nSPS) is 18.7. The van der Waals surface area contributed by atoms with E-state index in [1.165, 1.54) is 4.90 Å². The lowest BCUT2D eigenvalue weighted by Gasteiger charge is -2.30. The van der Waals surface area contributed by atoms with Crippen molar-refractivity contribution in [1.29, 1.82) is 0 Å². The van der Waals surface area contributed by atoms with Gasteiger partial charge in [0.25, 0.3) is 0 Å². The van der Waals surface area contributed by atoms with Crippen LogP contribution in [0.5, 0.6) is 0 Å². The zero-order valence-corrected chi connectivity index (χ0v) is 17.5. The number of fused-ring (bicyclic) bond motifs is 1. The molecule has 0 radical (unpaired) electrons. The number of allylic oxidation sites excluding steroid dienone is 3. The molecular weight excluding hydrogens is 450 g/mol. The fourth-order valence-electron chi connectivity index (χ4n) is 2.85. The molecular formula is C19H17BrClN3O2S. The highest BCUT2D eigenvalue weighted by molar-refractivity contribution is 9.11. The van der Waals surface area contributed by atoms with E-state index in [4.69, 9.17) is 23.8 Å². The third kappa shape index (κ3) is 5.12. The van der Waals surface area contributed by atoms with E-state index in [-0.39, 0.29) is 16.9 Å². The number of hydrogen-bond acceptors (Lipinski definition) is 3. The molecule has 140 valence electrons. The molecule has 2 aliphatic rings. The van der Waals surface area contributed by atoms with E-state index in [9.17, 15) is 9.59 Å². The van der Waals surface area contributed by atoms with E-state index in [0.29, 0.717) is 36.7 Å². The second-order valence-electron chi connectivity index (χ2n) is 6.18. The predicted octanol–water partition coefficient (Wildman–Crippen LogP) is 3.77. The van der Waals surface area contributed by atoms with Crippen LogP contribution in [0, 0.1) is 5.92 Å². The molecule has 0 saturated heterocycles. The van der Waals surface area contributed by atoms with E-state index in [1.807, 2.05) is 30.4 Å². The lowest BCUT2D eigenvalue weighted by atomic mass is 9.95. The van der Waals surface area contributed by atoms with Crippen LogP contribution in [0.25, 0.3) is 0 Å². The number of halogens is 2. The molecule has 0 bridgehead atoms. The Bertz CT molecular complexity index is 881. The van der Waals surface area contributed by atoms with Gasteiger partial charge in [-0.25, -0.2) is 4.99 Å². The molecule has 5 nitrogen and oxygen atoms in total. The summed E-state index contributed by atoms with van der Waals surface area (Å²) in [6.45, 7) is 0.784. The van der Waals surface area contributed by atoms with Gasteiger partial charge in [0.15, 0.2) is 0 Å². The molecule has 8 heteroatoms. The highest BCUT2D eigenvalue weighted by Crippen LogP contribution is 2.25. The first-order chi connectivity index (χ1) is 12.9. The Morgan fingerprint density at radius 2 is 2.19 bits per heavy atom. The van der Waals surface area contributed by atoms with Gasteiger partial charge < -0.3 is 5.32 Å². The van der Waals surface area contributed by atoms with Crippen LogP contribution in [-0.4, -0.2) is 34.1 Å². The van der Waals surface area contributed by atoms with Crippen LogP contribution in [-0.2, 0) is 16.1 Å². The minimum atomic E-state index is -0.423. The number of thiocarbonyl (C=S) groups is 1. The van der Waals surface area contributed by atoms with Crippen molar-refractivity contribution in [3.8, 4) is 0 Å². The Kier molecular flexibility index (Phi) is 6.57. The van der Waals surface area contributed by atoms with Crippen molar-refractivity contribution in [2.45, 2.75) is 19.4 Å². The summed E-state index contributed by atoms with van der Waals surface area (Å²) >= 11 is 14.6. The number of carbonyl (C=O) groups is 2. The number of amides is 2.